The Bertz CT molecular complexity index is 636. The van der Waals surface area contributed by atoms with Crippen molar-refractivity contribution >= 4 is 17.2 Å². The largest absolute Gasteiger partial charge is 0.416 e. The summed E-state index contributed by atoms with van der Waals surface area (Å²) in [5.41, 5.74) is 6.72. The summed E-state index contributed by atoms with van der Waals surface area (Å²) in [4.78, 5) is 4.07. The fourth-order valence-corrected chi connectivity index (χ4v) is 1.87. The van der Waals surface area contributed by atoms with E-state index in [1.165, 1.54) is 19.2 Å². The first-order valence-electron chi connectivity index (χ1n) is 5.94. The second kappa shape index (κ2) is 5.03. The molecular weight excluding hydrogens is 267 g/mol. The molecule has 0 fully saturated rings. The third-order valence-corrected chi connectivity index (χ3v) is 2.91. The molecule has 0 spiro atoms. The smallest absolute Gasteiger partial charge is 0.397 e. The molecule has 2 aromatic rings. The number of alkyl halides is 3. The van der Waals surface area contributed by atoms with E-state index in [-0.39, 0.29) is 5.56 Å². The van der Waals surface area contributed by atoms with Gasteiger partial charge >= 0.3 is 6.18 Å². The van der Waals surface area contributed by atoms with Gasteiger partial charge in [-0.3, -0.25) is 0 Å². The molecule has 3 nitrogen and oxygen atoms in total. The van der Waals surface area contributed by atoms with E-state index in [0.29, 0.717) is 17.2 Å². The van der Waals surface area contributed by atoms with Crippen molar-refractivity contribution in [2.45, 2.75) is 20.0 Å². The molecule has 0 saturated carbocycles. The Labute approximate surface area is 114 Å². The van der Waals surface area contributed by atoms with Gasteiger partial charge in [0.2, 0.25) is 0 Å². The van der Waals surface area contributed by atoms with Crippen molar-refractivity contribution in [3.8, 4) is 0 Å². The van der Waals surface area contributed by atoms with Crippen LogP contribution in [0.25, 0.3) is 0 Å². The number of anilines is 3. The van der Waals surface area contributed by atoms with Gasteiger partial charge in [0.05, 0.1) is 17.4 Å². The third-order valence-electron chi connectivity index (χ3n) is 2.91. The van der Waals surface area contributed by atoms with Crippen molar-refractivity contribution in [3.63, 3.8) is 0 Å². The molecule has 1 aromatic heterocycles. The average Bonchev–Trinajstić information content (AvgIpc) is 2.33. The highest BCUT2D eigenvalue weighted by Crippen LogP contribution is 2.34. The quantitative estimate of drug-likeness (QED) is 0.873. The number of nitrogens with two attached hydrogens (primary N) is 1. The normalized spacial score (nSPS) is 11.4. The Morgan fingerprint density at radius 1 is 1.10 bits per heavy atom. The van der Waals surface area contributed by atoms with E-state index in [4.69, 9.17) is 5.73 Å². The zero-order valence-electron chi connectivity index (χ0n) is 11.0. The number of nitrogens with one attached hydrogen (secondary N) is 1. The number of aryl methyl sites for hydroxylation is 2. The minimum Gasteiger partial charge on any atom is -0.397 e. The van der Waals surface area contributed by atoms with Crippen molar-refractivity contribution in [3.05, 3.63) is 47.2 Å². The van der Waals surface area contributed by atoms with Gasteiger partial charge in [0.15, 0.2) is 0 Å². The summed E-state index contributed by atoms with van der Waals surface area (Å²) in [7, 11) is 0. The standard InChI is InChI=1S/C14H14F3N3/c1-8-3-4-11(6-12(8)14(15,16)17)20-13-9(2)5-10(18)7-19-13/h3-7H,18H2,1-2H3,(H,19,20). The molecule has 0 aliphatic rings. The summed E-state index contributed by atoms with van der Waals surface area (Å²) in [5, 5.41) is 2.87. The molecule has 0 amide bonds. The van der Waals surface area contributed by atoms with Crippen LogP contribution in [0, 0.1) is 13.8 Å². The predicted molar refractivity (Wildman–Crippen MR) is 72.9 cm³/mol. The van der Waals surface area contributed by atoms with Crippen LogP contribution in [0.15, 0.2) is 30.5 Å². The van der Waals surface area contributed by atoms with Gasteiger partial charge in [-0.1, -0.05) is 6.07 Å². The Balaban J connectivity index is 2.35. The first-order chi connectivity index (χ1) is 9.27. The fraction of sp³-hybridized carbons (Fsp3) is 0.214. The molecule has 20 heavy (non-hydrogen) atoms. The van der Waals surface area contributed by atoms with Crippen molar-refractivity contribution < 1.29 is 13.2 Å². The molecule has 0 bridgehead atoms. The zero-order valence-corrected chi connectivity index (χ0v) is 11.0. The monoisotopic (exact) mass is 281 g/mol. The first kappa shape index (κ1) is 14.2. The Morgan fingerprint density at radius 2 is 1.80 bits per heavy atom. The first-order valence-corrected chi connectivity index (χ1v) is 5.94. The molecule has 1 aromatic carbocycles. The van der Waals surface area contributed by atoms with Gasteiger partial charge in [-0.15, -0.1) is 0 Å². The topological polar surface area (TPSA) is 50.9 Å². The van der Waals surface area contributed by atoms with E-state index in [0.717, 1.165) is 11.6 Å². The summed E-state index contributed by atoms with van der Waals surface area (Å²) in [6.45, 7) is 3.21. The van der Waals surface area contributed by atoms with Crippen molar-refractivity contribution in [1.82, 2.24) is 4.98 Å². The summed E-state index contributed by atoms with van der Waals surface area (Å²) in [5.74, 6) is 0.483. The molecule has 0 radical (unpaired) electrons. The summed E-state index contributed by atoms with van der Waals surface area (Å²) in [6, 6.07) is 5.79. The van der Waals surface area contributed by atoms with Crippen LogP contribution in [0.2, 0.25) is 0 Å². The molecule has 6 heteroatoms. The number of halogens is 3. The average molecular weight is 281 g/mol. The number of nitrogens with zero attached hydrogens (tertiary/aromatic N) is 1. The lowest BCUT2D eigenvalue weighted by Crippen LogP contribution is -2.08. The van der Waals surface area contributed by atoms with Crippen LogP contribution >= 0.6 is 0 Å². The Hall–Kier alpha value is -2.24. The van der Waals surface area contributed by atoms with E-state index in [1.807, 2.05) is 0 Å². The van der Waals surface area contributed by atoms with E-state index in [2.05, 4.69) is 10.3 Å². The molecule has 0 aliphatic carbocycles. The summed E-state index contributed by atoms with van der Waals surface area (Å²) in [6.07, 6.45) is -2.92. The lowest BCUT2D eigenvalue weighted by molar-refractivity contribution is -0.138. The summed E-state index contributed by atoms with van der Waals surface area (Å²) >= 11 is 0. The molecule has 3 N–H and O–H groups in total. The highest BCUT2D eigenvalue weighted by molar-refractivity contribution is 5.62. The van der Waals surface area contributed by atoms with Gasteiger partial charge in [0.1, 0.15) is 5.82 Å². The lowest BCUT2D eigenvalue weighted by Gasteiger charge is -2.14. The number of benzene rings is 1. The molecule has 1 heterocycles. The van der Waals surface area contributed by atoms with E-state index < -0.39 is 11.7 Å². The predicted octanol–water partition coefficient (Wildman–Crippen LogP) is 4.04. The van der Waals surface area contributed by atoms with Crippen LogP contribution in [0.3, 0.4) is 0 Å². The molecule has 0 aliphatic heterocycles. The Morgan fingerprint density at radius 3 is 2.40 bits per heavy atom. The fourth-order valence-electron chi connectivity index (χ4n) is 1.87. The zero-order chi connectivity index (χ0) is 14.9. The SMILES string of the molecule is Cc1ccc(Nc2ncc(N)cc2C)cc1C(F)(F)F. The number of hydrogen-bond donors (Lipinski definition) is 2. The van der Waals surface area contributed by atoms with Gasteiger partial charge in [-0.05, 0) is 43.2 Å². The van der Waals surface area contributed by atoms with Gasteiger partial charge in [0.25, 0.3) is 0 Å². The maximum Gasteiger partial charge on any atom is 0.416 e. The maximum atomic E-state index is 12.8. The van der Waals surface area contributed by atoms with Crippen LogP contribution in [0.1, 0.15) is 16.7 Å². The third kappa shape index (κ3) is 3.01. The van der Waals surface area contributed by atoms with Crippen molar-refractivity contribution in [1.29, 1.82) is 0 Å². The van der Waals surface area contributed by atoms with Gasteiger partial charge < -0.3 is 11.1 Å². The molecule has 0 atom stereocenters. The summed E-state index contributed by atoms with van der Waals surface area (Å²) < 4.78 is 38.5. The number of pyridine rings is 1. The molecular formula is C14H14F3N3. The van der Waals surface area contributed by atoms with Crippen LogP contribution in [0.5, 0.6) is 0 Å². The minimum absolute atomic E-state index is 0.185. The molecule has 2 rings (SSSR count). The number of nitrogen functional groups attached to an aromatic ring is 1. The van der Waals surface area contributed by atoms with E-state index >= 15 is 0 Å². The minimum atomic E-state index is -4.37. The van der Waals surface area contributed by atoms with Crippen LogP contribution in [-0.2, 0) is 6.18 Å². The maximum absolute atomic E-state index is 12.8. The van der Waals surface area contributed by atoms with Crippen LogP contribution in [0.4, 0.5) is 30.4 Å². The van der Waals surface area contributed by atoms with Crippen LogP contribution in [-0.4, -0.2) is 4.98 Å². The Kier molecular flexibility index (Phi) is 3.57. The highest BCUT2D eigenvalue weighted by Gasteiger charge is 2.32. The van der Waals surface area contributed by atoms with E-state index in [1.54, 1.807) is 19.1 Å². The number of hydrogen-bond acceptors (Lipinski definition) is 3. The van der Waals surface area contributed by atoms with Gasteiger partial charge in [-0.2, -0.15) is 13.2 Å². The highest BCUT2D eigenvalue weighted by atomic mass is 19.4. The number of rotatable bonds is 2. The molecule has 0 saturated heterocycles. The molecule has 0 unspecified atom stereocenters. The van der Waals surface area contributed by atoms with Crippen molar-refractivity contribution in [2.24, 2.45) is 0 Å². The molecule has 106 valence electrons. The number of aromatic nitrogens is 1. The lowest BCUT2D eigenvalue weighted by atomic mass is 10.1. The second-order valence-corrected chi connectivity index (χ2v) is 4.59. The van der Waals surface area contributed by atoms with Gasteiger partial charge in [0, 0.05) is 5.69 Å². The van der Waals surface area contributed by atoms with E-state index in [9.17, 15) is 13.2 Å². The van der Waals surface area contributed by atoms with Crippen molar-refractivity contribution in [2.75, 3.05) is 11.1 Å². The van der Waals surface area contributed by atoms with Gasteiger partial charge in [-0.25, -0.2) is 4.98 Å². The van der Waals surface area contributed by atoms with Crippen LogP contribution < -0.4 is 11.1 Å². The second-order valence-electron chi connectivity index (χ2n) is 4.59.